The Morgan fingerprint density at radius 2 is 2.28 bits per heavy atom. The van der Waals surface area contributed by atoms with Gasteiger partial charge in [0.1, 0.15) is 6.07 Å². The number of hydrogen-bond acceptors (Lipinski definition) is 5. The summed E-state index contributed by atoms with van der Waals surface area (Å²) in [6.45, 7) is 0.583. The number of pyridine rings is 2. The molecule has 0 radical (unpaired) electrons. The van der Waals surface area contributed by atoms with E-state index in [4.69, 9.17) is 10.00 Å². The van der Waals surface area contributed by atoms with E-state index >= 15 is 0 Å². The zero-order valence-electron chi connectivity index (χ0n) is 9.92. The SMILES string of the molecule is COc1cc(CNc2cnccc2C#N)ccn1. The van der Waals surface area contributed by atoms with E-state index in [1.165, 1.54) is 0 Å². The predicted molar refractivity (Wildman–Crippen MR) is 67.1 cm³/mol. The molecule has 0 amide bonds. The largest absolute Gasteiger partial charge is 0.481 e. The van der Waals surface area contributed by atoms with E-state index in [-0.39, 0.29) is 0 Å². The van der Waals surface area contributed by atoms with Crippen LogP contribution in [0.5, 0.6) is 5.88 Å². The highest BCUT2D eigenvalue weighted by Crippen LogP contribution is 2.14. The summed E-state index contributed by atoms with van der Waals surface area (Å²) in [6.07, 6.45) is 4.92. The summed E-state index contributed by atoms with van der Waals surface area (Å²) in [5.41, 5.74) is 2.32. The Balaban J connectivity index is 2.09. The summed E-state index contributed by atoms with van der Waals surface area (Å²) < 4.78 is 5.05. The van der Waals surface area contributed by atoms with Crippen molar-refractivity contribution >= 4 is 5.69 Å². The van der Waals surface area contributed by atoms with Gasteiger partial charge in [0.05, 0.1) is 24.6 Å². The lowest BCUT2D eigenvalue weighted by molar-refractivity contribution is 0.397. The van der Waals surface area contributed by atoms with Crippen molar-refractivity contribution in [2.75, 3.05) is 12.4 Å². The third-order valence-corrected chi connectivity index (χ3v) is 2.43. The average Bonchev–Trinajstić information content (AvgIpc) is 2.45. The molecular weight excluding hydrogens is 228 g/mol. The fraction of sp³-hybridized carbons (Fsp3) is 0.154. The summed E-state index contributed by atoms with van der Waals surface area (Å²) in [7, 11) is 1.58. The molecule has 0 fully saturated rings. The van der Waals surface area contributed by atoms with Gasteiger partial charge in [0.15, 0.2) is 0 Å². The van der Waals surface area contributed by atoms with Crippen LogP contribution in [-0.4, -0.2) is 17.1 Å². The van der Waals surface area contributed by atoms with Crippen molar-refractivity contribution in [3.63, 3.8) is 0 Å². The third-order valence-electron chi connectivity index (χ3n) is 2.43. The van der Waals surface area contributed by atoms with Gasteiger partial charge in [-0.2, -0.15) is 5.26 Å². The van der Waals surface area contributed by atoms with Crippen molar-refractivity contribution in [3.8, 4) is 11.9 Å². The highest BCUT2D eigenvalue weighted by Gasteiger charge is 2.02. The number of nitriles is 1. The maximum atomic E-state index is 8.95. The molecule has 2 heterocycles. The topological polar surface area (TPSA) is 70.8 Å². The molecule has 5 heteroatoms. The summed E-state index contributed by atoms with van der Waals surface area (Å²) in [6, 6.07) is 7.52. The van der Waals surface area contributed by atoms with Crippen molar-refractivity contribution in [3.05, 3.63) is 47.9 Å². The van der Waals surface area contributed by atoms with Crippen molar-refractivity contribution in [1.29, 1.82) is 5.26 Å². The maximum absolute atomic E-state index is 8.95. The molecule has 0 atom stereocenters. The second-order valence-corrected chi connectivity index (χ2v) is 3.59. The minimum atomic E-state index is 0.570. The van der Waals surface area contributed by atoms with Gasteiger partial charge in [-0.1, -0.05) is 0 Å². The van der Waals surface area contributed by atoms with Crippen LogP contribution >= 0.6 is 0 Å². The Bertz CT molecular complexity index is 577. The molecule has 0 aliphatic heterocycles. The predicted octanol–water partition coefficient (Wildman–Crippen LogP) is 1.97. The minimum Gasteiger partial charge on any atom is -0.481 e. The zero-order chi connectivity index (χ0) is 12.8. The van der Waals surface area contributed by atoms with E-state index in [0.717, 1.165) is 11.3 Å². The van der Waals surface area contributed by atoms with Crippen molar-refractivity contribution in [2.24, 2.45) is 0 Å². The van der Waals surface area contributed by atoms with Gasteiger partial charge in [-0.05, 0) is 17.7 Å². The Hall–Kier alpha value is -2.61. The summed E-state index contributed by atoms with van der Waals surface area (Å²) in [4.78, 5) is 8.02. The van der Waals surface area contributed by atoms with Gasteiger partial charge in [0, 0.05) is 25.0 Å². The van der Waals surface area contributed by atoms with Crippen LogP contribution in [0.1, 0.15) is 11.1 Å². The maximum Gasteiger partial charge on any atom is 0.213 e. The second-order valence-electron chi connectivity index (χ2n) is 3.59. The molecule has 90 valence electrons. The first-order valence-electron chi connectivity index (χ1n) is 5.40. The van der Waals surface area contributed by atoms with E-state index in [1.54, 1.807) is 31.8 Å². The van der Waals surface area contributed by atoms with Gasteiger partial charge in [0.2, 0.25) is 5.88 Å². The highest BCUT2D eigenvalue weighted by atomic mass is 16.5. The van der Waals surface area contributed by atoms with Crippen LogP contribution in [0.15, 0.2) is 36.8 Å². The molecule has 0 saturated heterocycles. The lowest BCUT2D eigenvalue weighted by atomic mass is 10.2. The van der Waals surface area contributed by atoms with E-state index in [0.29, 0.717) is 18.0 Å². The molecular formula is C13H12N4O. The summed E-state index contributed by atoms with van der Waals surface area (Å²) >= 11 is 0. The molecule has 0 aliphatic carbocycles. The number of anilines is 1. The monoisotopic (exact) mass is 240 g/mol. The molecule has 0 spiro atoms. The zero-order valence-corrected chi connectivity index (χ0v) is 9.92. The standard InChI is InChI=1S/C13H12N4O/c1-18-13-6-10(2-5-16-13)8-17-12-9-15-4-3-11(12)7-14/h2-6,9,17H,8H2,1H3. The molecule has 2 rings (SSSR count). The molecule has 2 aromatic rings. The van der Waals surface area contributed by atoms with Gasteiger partial charge in [-0.3, -0.25) is 4.98 Å². The number of aromatic nitrogens is 2. The lowest BCUT2D eigenvalue weighted by Gasteiger charge is -2.08. The van der Waals surface area contributed by atoms with E-state index in [9.17, 15) is 0 Å². The first-order valence-corrected chi connectivity index (χ1v) is 5.40. The molecule has 0 aliphatic rings. The normalized spacial score (nSPS) is 9.56. The van der Waals surface area contributed by atoms with Crippen LogP contribution in [0.4, 0.5) is 5.69 Å². The first-order chi connectivity index (χ1) is 8.83. The third kappa shape index (κ3) is 2.74. The smallest absolute Gasteiger partial charge is 0.213 e. The van der Waals surface area contributed by atoms with Crippen molar-refractivity contribution < 1.29 is 4.74 Å². The first kappa shape index (κ1) is 11.9. The number of rotatable bonds is 4. The molecule has 2 aromatic heterocycles. The molecule has 1 N–H and O–H groups in total. The van der Waals surface area contributed by atoms with Crippen LogP contribution in [0, 0.1) is 11.3 Å². The Morgan fingerprint density at radius 1 is 1.39 bits per heavy atom. The van der Waals surface area contributed by atoms with Crippen LogP contribution < -0.4 is 10.1 Å². The molecule has 0 bridgehead atoms. The molecule has 5 nitrogen and oxygen atoms in total. The summed E-state index contributed by atoms with van der Waals surface area (Å²) in [5, 5.41) is 12.1. The van der Waals surface area contributed by atoms with Gasteiger partial charge >= 0.3 is 0 Å². The van der Waals surface area contributed by atoms with Crippen LogP contribution in [0.2, 0.25) is 0 Å². The van der Waals surface area contributed by atoms with Crippen LogP contribution in [-0.2, 0) is 6.54 Å². The summed E-state index contributed by atoms with van der Waals surface area (Å²) in [5.74, 6) is 0.570. The Kier molecular flexibility index (Phi) is 3.72. The van der Waals surface area contributed by atoms with E-state index in [2.05, 4.69) is 21.4 Å². The fourth-order valence-corrected chi connectivity index (χ4v) is 1.50. The van der Waals surface area contributed by atoms with Gasteiger partial charge in [-0.15, -0.1) is 0 Å². The molecule has 0 saturated carbocycles. The quantitative estimate of drug-likeness (QED) is 0.884. The average molecular weight is 240 g/mol. The Morgan fingerprint density at radius 3 is 3.06 bits per heavy atom. The lowest BCUT2D eigenvalue weighted by Crippen LogP contribution is -2.02. The number of ether oxygens (including phenoxy) is 1. The van der Waals surface area contributed by atoms with Gasteiger partial charge in [0.25, 0.3) is 0 Å². The number of hydrogen-bond donors (Lipinski definition) is 1. The molecule has 18 heavy (non-hydrogen) atoms. The van der Waals surface area contributed by atoms with Crippen LogP contribution in [0.25, 0.3) is 0 Å². The molecule has 0 unspecified atom stereocenters. The van der Waals surface area contributed by atoms with Gasteiger partial charge < -0.3 is 10.1 Å². The van der Waals surface area contributed by atoms with Crippen molar-refractivity contribution in [1.82, 2.24) is 9.97 Å². The number of methoxy groups -OCH3 is 1. The van der Waals surface area contributed by atoms with Crippen molar-refractivity contribution in [2.45, 2.75) is 6.54 Å². The Labute approximate surface area is 105 Å². The fourth-order valence-electron chi connectivity index (χ4n) is 1.50. The number of nitrogens with one attached hydrogen (secondary N) is 1. The molecule has 0 aromatic carbocycles. The minimum absolute atomic E-state index is 0.570. The van der Waals surface area contributed by atoms with E-state index < -0.39 is 0 Å². The van der Waals surface area contributed by atoms with Gasteiger partial charge in [-0.25, -0.2) is 4.98 Å². The van der Waals surface area contributed by atoms with Crippen LogP contribution in [0.3, 0.4) is 0 Å². The number of nitrogens with zero attached hydrogens (tertiary/aromatic N) is 3. The second kappa shape index (κ2) is 5.64. The highest BCUT2D eigenvalue weighted by molar-refractivity contribution is 5.55. The van der Waals surface area contributed by atoms with E-state index in [1.807, 2.05) is 12.1 Å².